The number of fused-ring (bicyclic) bond motifs is 1. The van der Waals surface area contributed by atoms with Crippen LogP contribution in [-0.2, 0) is 24.2 Å². The summed E-state index contributed by atoms with van der Waals surface area (Å²) in [5, 5.41) is 1.17. The highest BCUT2D eigenvalue weighted by molar-refractivity contribution is 7.11. The van der Waals surface area contributed by atoms with Crippen LogP contribution < -0.4 is 0 Å². The summed E-state index contributed by atoms with van der Waals surface area (Å²) < 4.78 is 0. The summed E-state index contributed by atoms with van der Waals surface area (Å²) in [4.78, 5) is 22.4. The molecule has 1 fully saturated rings. The van der Waals surface area contributed by atoms with Crippen LogP contribution in [0.15, 0.2) is 0 Å². The van der Waals surface area contributed by atoms with Gasteiger partial charge >= 0.3 is 0 Å². The van der Waals surface area contributed by atoms with Crippen molar-refractivity contribution < 1.29 is 4.79 Å². The van der Waals surface area contributed by atoms with Crippen LogP contribution in [0.5, 0.6) is 0 Å². The van der Waals surface area contributed by atoms with Crippen LogP contribution in [0.3, 0.4) is 0 Å². The highest BCUT2D eigenvalue weighted by atomic mass is 32.1. The molecule has 2 aliphatic rings. The van der Waals surface area contributed by atoms with Crippen molar-refractivity contribution in [3.8, 4) is 0 Å². The summed E-state index contributed by atoms with van der Waals surface area (Å²) in [6, 6.07) is 0. The zero-order chi connectivity index (χ0) is 13.9. The van der Waals surface area contributed by atoms with E-state index in [2.05, 4.69) is 4.90 Å². The number of thiazole rings is 1. The van der Waals surface area contributed by atoms with Crippen molar-refractivity contribution in [3.63, 3.8) is 0 Å². The Kier molecular flexibility index (Phi) is 4.36. The normalized spacial score (nSPS) is 18.6. The molecule has 1 amide bonds. The van der Waals surface area contributed by atoms with E-state index in [1.54, 1.807) is 0 Å². The molecule has 1 aliphatic carbocycles. The zero-order valence-electron chi connectivity index (χ0n) is 12.2. The molecule has 2 heterocycles. The lowest BCUT2D eigenvalue weighted by Gasteiger charge is -2.20. The number of nitrogens with zero attached hydrogens (tertiary/aromatic N) is 3. The van der Waals surface area contributed by atoms with Gasteiger partial charge in [0.2, 0.25) is 5.91 Å². The molecular weight excluding hydrogens is 270 g/mol. The second kappa shape index (κ2) is 6.22. The molecule has 110 valence electrons. The average molecular weight is 293 g/mol. The van der Waals surface area contributed by atoms with Crippen molar-refractivity contribution in [1.29, 1.82) is 0 Å². The van der Waals surface area contributed by atoms with Crippen LogP contribution in [0.1, 0.15) is 41.3 Å². The van der Waals surface area contributed by atoms with E-state index in [1.165, 1.54) is 34.8 Å². The van der Waals surface area contributed by atoms with E-state index in [1.807, 2.05) is 23.3 Å². The van der Waals surface area contributed by atoms with Crippen LogP contribution in [-0.4, -0.2) is 47.4 Å². The first-order valence-electron chi connectivity index (χ1n) is 7.66. The lowest BCUT2D eigenvalue weighted by molar-refractivity contribution is -0.131. The molecule has 0 saturated carbocycles. The van der Waals surface area contributed by atoms with Crippen molar-refractivity contribution >= 4 is 17.2 Å². The minimum Gasteiger partial charge on any atom is -0.342 e. The topological polar surface area (TPSA) is 36.4 Å². The molecule has 1 aliphatic heterocycles. The maximum absolute atomic E-state index is 12.1. The molecule has 1 saturated heterocycles. The molecule has 0 unspecified atom stereocenters. The van der Waals surface area contributed by atoms with Crippen molar-refractivity contribution in [2.75, 3.05) is 26.7 Å². The first-order valence-corrected chi connectivity index (χ1v) is 8.48. The Labute approximate surface area is 124 Å². The van der Waals surface area contributed by atoms with E-state index >= 15 is 0 Å². The van der Waals surface area contributed by atoms with Gasteiger partial charge in [0.1, 0.15) is 5.01 Å². The molecule has 1 aromatic rings. The molecule has 0 spiro atoms. The maximum Gasteiger partial charge on any atom is 0.236 e. The third kappa shape index (κ3) is 3.20. The molecule has 4 nitrogen and oxygen atoms in total. The number of rotatable bonds is 4. The molecule has 0 N–H and O–H groups in total. The van der Waals surface area contributed by atoms with E-state index < -0.39 is 0 Å². The molecule has 1 aromatic heterocycles. The molecule has 20 heavy (non-hydrogen) atoms. The average Bonchev–Trinajstić information content (AvgIpc) is 3.07. The van der Waals surface area contributed by atoms with Gasteiger partial charge in [0.25, 0.3) is 0 Å². The van der Waals surface area contributed by atoms with Crippen LogP contribution >= 0.6 is 11.3 Å². The highest BCUT2D eigenvalue weighted by Gasteiger charge is 2.20. The largest absolute Gasteiger partial charge is 0.342 e. The number of aryl methyl sites for hydroxylation is 2. The smallest absolute Gasteiger partial charge is 0.236 e. The Hall–Kier alpha value is -0.940. The van der Waals surface area contributed by atoms with Gasteiger partial charge in [-0.1, -0.05) is 0 Å². The number of aromatic nitrogens is 1. The SMILES string of the molecule is CN(CC(=O)N1CCCC1)Cc1nc2c(s1)CCCC2. The summed E-state index contributed by atoms with van der Waals surface area (Å²) in [5.74, 6) is 0.270. The molecule has 3 rings (SSSR count). The van der Waals surface area contributed by atoms with Gasteiger partial charge in [0, 0.05) is 18.0 Å². The van der Waals surface area contributed by atoms with Gasteiger partial charge in [0.15, 0.2) is 0 Å². The van der Waals surface area contributed by atoms with E-state index in [4.69, 9.17) is 4.98 Å². The molecule has 5 heteroatoms. The Morgan fingerprint density at radius 2 is 2.00 bits per heavy atom. The number of carbonyl (C=O) groups excluding carboxylic acids is 1. The van der Waals surface area contributed by atoms with Crippen LogP contribution in [0.4, 0.5) is 0 Å². The lowest BCUT2D eigenvalue weighted by Crippen LogP contribution is -2.36. The van der Waals surface area contributed by atoms with Crippen molar-refractivity contribution in [3.05, 3.63) is 15.6 Å². The predicted octanol–water partition coefficient (Wildman–Crippen LogP) is 2.08. The predicted molar refractivity (Wildman–Crippen MR) is 80.9 cm³/mol. The second-order valence-electron chi connectivity index (χ2n) is 5.94. The summed E-state index contributed by atoms with van der Waals surface area (Å²) in [7, 11) is 2.02. The standard InChI is InChI=1S/C15H23N3OS/c1-17(11-15(19)18-8-4-5-9-18)10-14-16-12-6-2-3-7-13(12)20-14/h2-11H2,1H3. The van der Waals surface area contributed by atoms with Gasteiger partial charge < -0.3 is 4.90 Å². The zero-order valence-corrected chi connectivity index (χ0v) is 13.0. The van der Waals surface area contributed by atoms with Gasteiger partial charge in [-0.25, -0.2) is 4.98 Å². The van der Waals surface area contributed by atoms with Gasteiger partial charge in [-0.05, 0) is 45.6 Å². The quantitative estimate of drug-likeness (QED) is 0.853. The molecule has 0 aromatic carbocycles. The summed E-state index contributed by atoms with van der Waals surface area (Å²) in [6.45, 7) is 3.21. The van der Waals surface area contributed by atoms with Crippen molar-refractivity contribution in [2.24, 2.45) is 0 Å². The van der Waals surface area contributed by atoms with Gasteiger partial charge in [0.05, 0.1) is 18.8 Å². The minimum atomic E-state index is 0.270. The fourth-order valence-electron chi connectivity index (χ4n) is 3.06. The van der Waals surface area contributed by atoms with E-state index in [9.17, 15) is 4.79 Å². The molecular formula is C15H23N3OS. The van der Waals surface area contributed by atoms with Crippen molar-refractivity contribution in [1.82, 2.24) is 14.8 Å². The van der Waals surface area contributed by atoms with E-state index in [0.717, 1.165) is 38.9 Å². The molecule has 0 atom stereocenters. The fourth-order valence-corrected chi connectivity index (χ4v) is 4.29. The van der Waals surface area contributed by atoms with Crippen LogP contribution in [0, 0.1) is 0 Å². The van der Waals surface area contributed by atoms with Gasteiger partial charge in [-0.3, -0.25) is 9.69 Å². The number of hydrogen-bond acceptors (Lipinski definition) is 4. The first-order chi connectivity index (χ1) is 9.72. The highest BCUT2D eigenvalue weighted by Crippen LogP contribution is 2.27. The number of carbonyl (C=O) groups is 1. The van der Waals surface area contributed by atoms with Crippen LogP contribution in [0.25, 0.3) is 0 Å². The Balaban J connectivity index is 1.54. The first kappa shape index (κ1) is 14.0. The second-order valence-corrected chi connectivity index (χ2v) is 7.11. The van der Waals surface area contributed by atoms with Gasteiger partial charge in [-0.15, -0.1) is 11.3 Å². The fraction of sp³-hybridized carbons (Fsp3) is 0.733. The minimum absolute atomic E-state index is 0.270. The van der Waals surface area contributed by atoms with E-state index in [0.29, 0.717) is 6.54 Å². The molecule has 0 radical (unpaired) electrons. The number of likely N-dealkylation sites (tertiary alicyclic amines) is 1. The summed E-state index contributed by atoms with van der Waals surface area (Å²) >= 11 is 1.85. The van der Waals surface area contributed by atoms with Crippen LogP contribution in [0.2, 0.25) is 0 Å². The van der Waals surface area contributed by atoms with Gasteiger partial charge in [-0.2, -0.15) is 0 Å². The number of amides is 1. The monoisotopic (exact) mass is 293 g/mol. The number of hydrogen-bond donors (Lipinski definition) is 0. The molecule has 0 bridgehead atoms. The third-order valence-corrected chi connectivity index (χ3v) is 5.30. The lowest BCUT2D eigenvalue weighted by atomic mass is 10.0. The summed E-state index contributed by atoms with van der Waals surface area (Å²) in [5.41, 5.74) is 1.32. The third-order valence-electron chi connectivity index (χ3n) is 4.16. The van der Waals surface area contributed by atoms with E-state index in [-0.39, 0.29) is 5.91 Å². The van der Waals surface area contributed by atoms with Crippen molar-refractivity contribution in [2.45, 2.75) is 45.1 Å². The number of likely N-dealkylation sites (N-methyl/N-ethyl adjacent to an activating group) is 1. The Bertz CT molecular complexity index is 456. The Morgan fingerprint density at radius 3 is 2.75 bits per heavy atom. The maximum atomic E-state index is 12.1. The summed E-state index contributed by atoms with van der Waals surface area (Å²) in [6.07, 6.45) is 7.24. The Morgan fingerprint density at radius 1 is 1.25 bits per heavy atom.